The Kier molecular flexibility index (Phi) is 5.02. The van der Waals surface area contributed by atoms with Gasteiger partial charge in [-0.15, -0.1) is 0 Å². The molecule has 1 fully saturated rings. The van der Waals surface area contributed by atoms with E-state index in [1.807, 2.05) is 134 Å². The minimum absolute atomic E-state index is 0.0603. The van der Waals surface area contributed by atoms with Crippen LogP contribution in [0.2, 0.25) is 13.1 Å². The summed E-state index contributed by atoms with van der Waals surface area (Å²) in [6.07, 6.45) is 0. The molecule has 4 aromatic carbocycles. The molecule has 0 spiro atoms. The SMILES string of the molecule is C[Si]1(C)C(=O)C(c2ccccc2)(c2ccccc2)C(c2ccccc2)(c2ccccc2)C1=O. The lowest BCUT2D eigenvalue weighted by molar-refractivity contribution is -0.120. The maximum absolute atomic E-state index is 14.8. The van der Waals surface area contributed by atoms with Gasteiger partial charge in [0.2, 0.25) is 8.07 Å². The molecule has 0 atom stereocenters. The fraction of sp³-hybridized carbons (Fsp3) is 0.133. The van der Waals surface area contributed by atoms with Gasteiger partial charge >= 0.3 is 0 Å². The van der Waals surface area contributed by atoms with Gasteiger partial charge in [-0.2, -0.15) is 0 Å². The van der Waals surface area contributed by atoms with E-state index in [0.717, 1.165) is 22.3 Å². The second-order valence-corrected chi connectivity index (χ2v) is 13.4. The summed E-state index contributed by atoms with van der Waals surface area (Å²) in [6, 6.07) is 39.6. The van der Waals surface area contributed by atoms with Crippen LogP contribution >= 0.6 is 0 Å². The summed E-state index contributed by atoms with van der Waals surface area (Å²) in [4.78, 5) is 29.5. The average Bonchev–Trinajstić information content (AvgIpc) is 3.02. The zero-order chi connectivity index (χ0) is 23.1. The third-order valence-corrected chi connectivity index (χ3v) is 10.2. The average molecular weight is 447 g/mol. The van der Waals surface area contributed by atoms with Gasteiger partial charge in [0.15, 0.2) is 0 Å². The first kappa shape index (κ1) is 21.3. The van der Waals surface area contributed by atoms with Crippen molar-refractivity contribution in [3.8, 4) is 0 Å². The van der Waals surface area contributed by atoms with Gasteiger partial charge in [-0.3, -0.25) is 0 Å². The van der Waals surface area contributed by atoms with Crippen molar-refractivity contribution in [2.75, 3.05) is 0 Å². The molecular weight excluding hydrogens is 420 g/mol. The summed E-state index contributed by atoms with van der Waals surface area (Å²) in [6.45, 7) is 3.85. The van der Waals surface area contributed by atoms with E-state index in [4.69, 9.17) is 0 Å². The lowest BCUT2D eigenvalue weighted by Crippen LogP contribution is -2.53. The van der Waals surface area contributed by atoms with Crippen LogP contribution < -0.4 is 0 Å². The van der Waals surface area contributed by atoms with Gasteiger partial charge in [-0.1, -0.05) is 134 Å². The summed E-state index contributed by atoms with van der Waals surface area (Å²) in [5.74, 6) is 0. The smallest absolute Gasteiger partial charge is 0.205 e. The predicted molar refractivity (Wildman–Crippen MR) is 135 cm³/mol. The van der Waals surface area contributed by atoms with Crippen LogP contribution in [0.25, 0.3) is 0 Å². The molecule has 0 radical (unpaired) electrons. The second-order valence-electron chi connectivity index (χ2n) is 9.25. The highest BCUT2D eigenvalue weighted by Crippen LogP contribution is 2.60. The predicted octanol–water partition coefficient (Wildman–Crippen LogP) is 5.90. The summed E-state index contributed by atoms with van der Waals surface area (Å²) >= 11 is 0. The molecule has 0 bridgehead atoms. The molecule has 4 aromatic rings. The molecule has 0 saturated carbocycles. The maximum Gasteiger partial charge on any atom is 0.205 e. The summed E-state index contributed by atoms with van der Waals surface area (Å²) in [7, 11) is -3.03. The lowest BCUT2D eigenvalue weighted by atomic mass is 9.53. The number of benzene rings is 4. The molecule has 0 aromatic heterocycles. The van der Waals surface area contributed by atoms with E-state index in [-0.39, 0.29) is 10.8 Å². The summed E-state index contributed by atoms with van der Waals surface area (Å²) in [5, 5.41) is 0.121. The van der Waals surface area contributed by atoms with Crippen molar-refractivity contribution in [1.82, 2.24) is 0 Å². The highest BCUT2D eigenvalue weighted by Gasteiger charge is 2.75. The Bertz CT molecular complexity index is 1110. The van der Waals surface area contributed by atoms with E-state index in [1.54, 1.807) is 0 Å². The molecule has 2 nitrogen and oxygen atoms in total. The highest BCUT2D eigenvalue weighted by molar-refractivity contribution is 7.27. The Labute approximate surface area is 195 Å². The van der Waals surface area contributed by atoms with Crippen LogP contribution in [0.5, 0.6) is 0 Å². The quantitative estimate of drug-likeness (QED) is 0.366. The van der Waals surface area contributed by atoms with Crippen molar-refractivity contribution in [2.45, 2.75) is 23.9 Å². The van der Waals surface area contributed by atoms with E-state index >= 15 is 0 Å². The van der Waals surface area contributed by atoms with Crippen molar-refractivity contribution < 1.29 is 9.59 Å². The number of carbonyl (C=O) groups is 2. The van der Waals surface area contributed by atoms with Crippen molar-refractivity contribution in [1.29, 1.82) is 0 Å². The van der Waals surface area contributed by atoms with E-state index < -0.39 is 18.9 Å². The minimum Gasteiger partial charge on any atom is -0.303 e. The Hall–Kier alpha value is -3.56. The van der Waals surface area contributed by atoms with Crippen LogP contribution in [0.1, 0.15) is 22.3 Å². The molecular formula is C30H26O2Si. The lowest BCUT2D eigenvalue weighted by Gasteiger charge is -2.46. The van der Waals surface area contributed by atoms with E-state index in [9.17, 15) is 9.59 Å². The molecule has 0 unspecified atom stereocenters. The molecule has 1 aliphatic heterocycles. The number of carbonyl (C=O) groups excluding carboxylic acids is 2. The van der Waals surface area contributed by atoms with Crippen LogP contribution in [0.3, 0.4) is 0 Å². The molecule has 1 saturated heterocycles. The molecule has 5 rings (SSSR count). The van der Waals surface area contributed by atoms with Crippen molar-refractivity contribution in [3.63, 3.8) is 0 Å². The molecule has 3 heteroatoms. The molecule has 1 heterocycles. The third kappa shape index (κ3) is 2.72. The largest absolute Gasteiger partial charge is 0.303 e. The van der Waals surface area contributed by atoms with Crippen LogP contribution in [0.4, 0.5) is 0 Å². The molecule has 33 heavy (non-hydrogen) atoms. The van der Waals surface area contributed by atoms with Gasteiger partial charge < -0.3 is 9.59 Å². The Balaban J connectivity index is 2.07. The van der Waals surface area contributed by atoms with Gasteiger partial charge in [0.05, 0.1) is 10.8 Å². The van der Waals surface area contributed by atoms with Gasteiger partial charge in [0.25, 0.3) is 0 Å². The zero-order valence-electron chi connectivity index (χ0n) is 18.9. The van der Waals surface area contributed by atoms with Crippen LogP contribution in [-0.2, 0) is 20.4 Å². The van der Waals surface area contributed by atoms with Crippen molar-refractivity contribution in [2.24, 2.45) is 0 Å². The van der Waals surface area contributed by atoms with Crippen molar-refractivity contribution >= 4 is 18.9 Å². The van der Waals surface area contributed by atoms with Gasteiger partial charge in [-0.25, -0.2) is 0 Å². The van der Waals surface area contributed by atoms with Crippen LogP contribution in [0, 0.1) is 0 Å². The zero-order valence-corrected chi connectivity index (χ0v) is 19.9. The van der Waals surface area contributed by atoms with Crippen molar-refractivity contribution in [3.05, 3.63) is 144 Å². The fourth-order valence-corrected chi connectivity index (χ4v) is 8.89. The number of rotatable bonds is 4. The molecule has 0 amide bonds. The molecule has 1 aliphatic rings. The van der Waals surface area contributed by atoms with Gasteiger partial charge in [0.1, 0.15) is 10.8 Å². The van der Waals surface area contributed by atoms with Crippen LogP contribution in [-0.4, -0.2) is 18.9 Å². The Morgan fingerprint density at radius 1 is 0.424 bits per heavy atom. The Morgan fingerprint density at radius 3 is 0.848 bits per heavy atom. The molecule has 0 N–H and O–H groups in total. The molecule has 162 valence electrons. The normalized spacial score (nSPS) is 18.2. The topological polar surface area (TPSA) is 34.1 Å². The minimum atomic E-state index is -3.03. The summed E-state index contributed by atoms with van der Waals surface area (Å²) in [5.41, 5.74) is 1.12. The first-order valence-electron chi connectivity index (χ1n) is 11.3. The summed E-state index contributed by atoms with van der Waals surface area (Å²) < 4.78 is 0. The number of hydrogen-bond acceptors (Lipinski definition) is 2. The standard InChI is InChI=1S/C30H26O2Si/c1-33(2)27(31)29(23-15-7-3-8-16-23,24-17-9-4-10-18-24)30(28(33)32,25-19-11-5-12-20-25)26-21-13-6-14-22-26/h3-22H,1-2H3. The first-order valence-corrected chi connectivity index (χ1v) is 14.3. The fourth-order valence-electron chi connectivity index (χ4n) is 5.86. The van der Waals surface area contributed by atoms with Gasteiger partial charge in [-0.05, 0) is 22.3 Å². The number of hydrogen-bond donors (Lipinski definition) is 0. The van der Waals surface area contributed by atoms with Gasteiger partial charge in [0, 0.05) is 0 Å². The monoisotopic (exact) mass is 446 g/mol. The Morgan fingerprint density at radius 2 is 0.636 bits per heavy atom. The molecule has 0 aliphatic carbocycles. The highest BCUT2D eigenvalue weighted by atomic mass is 28.3. The van der Waals surface area contributed by atoms with E-state index in [0.29, 0.717) is 0 Å². The second kappa shape index (κ2) is 7.79. The van der Waals surface area contributed by atoms with E-state index in [2.05, 4.69) is 0 Å². The third-order valence-electron chi connectivity index (χ3n) is 7.21. The maximum atomic E-state index is 14.8. The van der Waals surface area contributed by atoms with Crippen LogP contribution in [0.15, 0.2) is 121 Å². The first-order chi connectivity index (χ1) is 16.0. The van der Waals surface area contributed by atoms with E-state index in [1.165, 1.54) is 0 Å².